The summed E-state index contributed by atoms with van der Waals surface area (Å²) in [7, 11) is 0. The fourth-order valence-corrected chi connectivity index (χ4v) is 14.5. The fourth-order valence-electron chi connectivity index (χ4n) is 14.3. The Kier molecular flexibility index (Phi) is 11.8. The molecule has 1 aliphatic carbocycles. The van der Waals surface area contributed by atoms with E-state index in [1.165, 1.54) is 33.0 Å². The van der Waals surface area contributed by atoms with Crippen molar-refractivity contribution in [2.45, 2.75) is 6.42 Å². The molecule has 0 fully saturated rings. The number of fused-ring (bicyclic) bond motifs is 18. The molecule has 0 saturated carbocycles. The predicted molar refractivity (Wildman–Crippen MR) is 415 cm³/mol. The summed E-state index contributed by atoms with van der Waals surface area (Å²) in [5, 5.41) is 9.85. The van der Waals surface area contributed by atoms with Crippen LogP contribution < -0.4 is 0 Å². The van der Waals surface area contributed by atoms with Crippen molar-refractivity contribution in [3.8, 4) is 85.1 Å². The second kappa shape index (κ2) is 24.4. The van der Waals surface area contributed by atoms with Crippen molar-refractivity contribution in [2.75, 3.05) is 0 Å². The highest BCUT2D eigenvalue weighted by molar-refractivity contribution is 6.31. The lowest BCUT2D eigenvalue weighted by atomic mass is 10.1. The van der Waals surface area contributed by atoms with Crippen molar-refractivity contribution >= 4 is 121 Å². The van der Waals surface area contributed by atoms with Crippen LogP contribution in [-0.4, -0.2) is 34.5 Å². The van der Waals surface area contributed by atoms with Gasteiger partial charge in [0.1, 0.15) is 44.7 Å². The molecule has 0 radical (unpaired) electrons. The molecule has 21 aromatic rings. The van der Waals surface area contributed by atoms with Gasteiger partial charge in [-0.05, 0) is 126 Å². The topological polar surface area (TPSA) is 135 Å². The minimum Gasteiger partial charge on any atom is -0.456 e. The van der Waals surface area contributed by atoms with Gasteiger partial charge in [-0.15, -0.1) is 0 Å². The van der Waals surface area contributed by atoms with E-state index < -0.39 is 60.4 Å². The van der Waals surface area contributed by atoms with Crippen LogP contribution in [0.5, 0.6) is 0 Å². The highest BCUT2D eigenvalue weighted by Gasteiger charge is 2.23. The SMILES string of the molecule is [2H]c1c([2H])c([2H])c(-c2nc(-c3ccc4c(c3)oc3ccc(-n5c6ccccc6c6ccccc65)cc34)nc(-c3cccc4oc5ccccc5c34)n2)c([2H])c1[2H].[2H]c1c([2H])c([2H])c(-c2nc(-c3ccc4c(c3)oc3ccc(Cl)cc34)nc(-c3cccc4oc5ccccc5c34)n2)c([2H])c1[2H].c1ccc2c(c1)Cc1ccccc1-2. The minimum absolute atomic E-state index is 0.0488. The van der Waals surface area contributed by atoms with E-state index >= 15 is 0 Å². The van der Waals surface area contributed by atoms with Gasteiger partial charge in [-0.3, -0.25) is 0 Å². The number of furan rings is 4. The standard InChI is InChI=1S/C45H26N4O2.C33H18ClN3O2.C13H10/c1-2-11-27(12-3-1)43-46-44(48-45(47-43)34-16-10-20-40-42(34)33-15-6-9-19-38(33)50-40)28-21-23-32-35-26-29(22-24-39(35)51-41(32)25-28)49-36-17-7-4-13-30(36)31-14-5-8-18-37(31)49;34-21-14-16-27-25(18-21)22-15-13-20(17-29(22)39-27)32-35-31(19-7-2-1-3-8-19)36-33(37-32)24-10-6-12-28-30(24)23-9-4-5-11-26(23)38-28;1-3-7-12-10(5-1)9-11-6-2-4-8-13(11)12/h1-26H;1-18H;1-8H,9H2/i1D,2D,3D,11D,12D;1D,2D,3D,7D,8D;. The summed E-state index contributed by atoms with van der Waals surface area (Å²) >= 11 is 6.24. The second-order valence-electron chi connectivity index (χ2n) is 25.0. The number of hydrogen-bond donors (Lipinski definition) is 0. The maximum atomic E-state index is 8.76. The largest absolute Gasteiger partial charge is 0.456 e. The Balaban J connectivity index is 0.000000129. The Labute approximate surface area is 606 Å². The average molecular weight is 1350 g/mol. The van der Waals surface area contributed by atoms with Gasteiger partial charge in [-0.2, -0.15) is 0 Å². The Bertz CT molecular complexity index is 7470. The van der Waals surface area contributed by atoms with Gasteiger partial charge in [0.2, 0.25) is 0 Å². The van der Waals surface area contributed by atoms with E-state index in [2.05, 4.69) is 119 Å². The molecule has 0 N–H and O–H groups in total. The summed E-state index contributed by atoms with van der Waals surface area (Å²) in [4.78, 5) is 28.7. The molecule has 103 heavy (non-hydrogen) atoms. The van der Waals surface area contributed by atoms with Crippen LogP contribution in [0.25, 0.3) is 195 Å². The van der Waals surface area contributed by atoms with Crippen molar-refractivity contribution in [3.63, 3.8) is 0 Å². The van der Waals surface area contributed by atoms with Crippen LogP contribution in [0.4, 0.5) is 0 Å². The van der Waals surface area contributed by atoms with Crippen LogP contribution in [0.1, 0.15) is 24.8 Å². The van der Waals surface area contributed by atoms with Crippen LogP contribution in [0.15, 0.2) is 333 Å². The predicted octanol–water partition coefficient (Wildman–Crippen LogP) is 24.4. The summed E-state index contributed by atoms with van der Waals surface area (Å²) in [6.07, 6.45) is 1.10. The first-order valence-corrected chi connectivity index (χ1v) is 33.7. The van der Waals surface area contributed by atoms with Crippen molar-refractivity contribution in [1.82, 2.24) is 34.5 Å². The summed E-state index contributed by atoms with van der Waals surface area (Å²) in [5.74, 6) is 0.896. The molecular weight excluding hydrogens is 1290 g/mol. The zero-order chi connectivity index (χ0) is 76.8. The van der Waals surface area contributed by atoms with Gasteiger partial charge >= 0.3 is 0 Å². The Morgan fingerprint density at radius 2 is 0.670 bits per heavy atom. The molecule has 0 aliphatic heterocycles. The Hall–Kier alpha value is -13.6. The molecule has 12 heteroatoms. The van der Waals surface area contributed by atoms with Crippen molar-refractivity contribution in [1.29, 1.82) is 0 Å². The van der Waals surface area contributed by atoms with Crippen LogP contribution in [0.2, 0.25) is 5.02 Å². The quantitative estimate of drug-likeness (QED) is 0.152. The molecule has 14 aromatic carbocycles. The molecule has 0 spiro atoms. The fraction of sp³-hybridized carbons (Fsp3) is 0.0110. The summed E-state index contributed by atoms with van der Waals surface area (Å²) < 4.78 is 111. The molecule has 1 aliphatic rings. The van der Waals surface area contributed by atoms with Gasteiger partial charge in [0.15, 0.2) is 34.9 Å². The Morgan fingerprint density at radius 3 is 1.18 bits per heavy atom. The van der Waals surface area contributed by atoms with Gasteiger partial charge in [0.25, 0.3) is 0 Å². The summed E-state index contributed by atoms with van der Waals surface area (Å²) in [6, 6.07) is 79.0. The van der Waals surface area contributed by atoms with Crippen molar-refractivity contribution in [3.05, 3.63) is 331 Å². The lowest BCUT2D eigenvalue weighted by molar-refractivity contribution is 0.668. The first kappa shape index (κ1) is 49.8. The average Bonchev–Trinajstić information content (AvgIpc) is 1.50. The lowest BCUT2D eigenvalue weighted by Gasteiger charge is -2.09. The van der Waals surface area contributed by atoms with Gasteiger partial charge < -0.3 is 22.2 Å². The molecule has 0 atom stereocenters. The molecule has 7 heterocycles. The maximum Gasteiger partial charge on any atom is 0.164 e. The number of benzene rings is 14. The smallest absolute Gasteiger partial charge is 0.164 e. The first-order chi connectivity index (χ1) is 55.1. The second-order valence-corrected chi connectivity index (χ2v) is 25.4. The molecule has 0 amide bonds. The van der Waals surface area contributed by atoms with Gasteiger partial charge in [0, 0.05) is 98.0 Å². The van der Waals surface area contributed by atoms with E-state index in [1.807, 2.05) is 140 Å². The highest BCUT2D eigenvalue weighted by Crippen LogP contribution is 2.43. The zero-order valence-corrected chi connectivity index (χ0v) is 54.9. The third kappa shape index (κ3) is 10.4. The van der Waals surface area contributed by atoms with Crippen LogP contribution in [0, 0.1) is 0 Å². The monoisotopic (exact) mass is 1350 g/mol. The molecule has 0 bridgehead atoms. The molecule has 11 nitrogen and oxygen atoms in total. The number of nitrogens with zero attached hydrogens (tertiary/aromatic N) is 7. The molecule has 0 saturated heterocycles. The normalized spacial score (nSPS) is 13.3. The van der Waals surface area contributed by atoms with Gasteiger partial charge in [-0.25, -0.2) is 29.9 Å². The summed E-state index contributed by atoms with van der Waals surface area (Å²) in [5.41, 5.74) is 16.5. The van der Waals surface area contributed by atoms with Crippen molar-refractivity contribution < 1.29 is 31.4 Å². The number of rotatable bonds is 7. The molecule has 484 valence electrons. The van der Waals surface area contributed by atoms with Crippen LogP contribution >= 0.6 is 11.6 Å². The van der Waals surface area contributed by atoms with E-state index in [1.54, 1.807) is 6.07 Å². The van der Waals surface area contributed by atoms with E-state index in [4.69, 9.17) is 67.9 Å². The van der Waals surface area contributed by atoms with E-state index in [-0.39, 0.29) is 46.1 Å². The molecule has 0 unspecified atom stereocenters. The van der Waals surface area contributed by atoms with Crippen LogP contribution in [0.3, 0.4) is 0 Å². The number of halogens is 1. The van der Waals surface area contributed by atoms with E-state index in [0.29, 0.717) is 66.4 Å². The van der Waals surface area contributed by atoms with Crippen molar-refractivity contribution in [2.24, 2.45) is 0 Å². The van der Waals surface area contributed by atoms with Gasteiger partial charge in [-0.1, -0.05) is 230 Å². The number of para-hydroxylation sites is 4. The third-order valence-electron chi connectivity index (χ3n) is 19.0. The third-order valence-corrected chi connectivity index (χ3v) is 19.2. The molecule has 22 rings (SSSR count). The first-order valence-electron chi connectivity index (χ1n) is 38.3. The summed E-state index contributed by atoms with van der Waals surface area (Å²) in [6.45, 7) is 0. The molecular formula is C91H54ClN7O4. The Morgan fingerprint density at radius 1 is 0.282 bits per heavy atom. The number of aromatic nitrogens is 7. The maximum absolute atomic E-state index is 8.76. The van der Waals surface area contributed by atoms with Crippen LogP contribution in [-0.2, 0) is 6.42 Å². The lowest BCUT2D eigenvalue weighted by Crippen LogP contribution is -2.00. The minimum atomic E-state index is -0.497. The van der Waals surface area contributed by atoms with E-state index in [0.717, 1.165) is 71.8 Å². The zero-order valence-electron chi connectivity index (χ0n) is 64.1. The van der Waals surface area contributed by atoms with E-state index in [9.17, 15) is 0 Å². The molecule has 7 aromatic heterocycles. The highest BCUT2D eigenvalue weighted by atomic mass is 35.5. The van der Waals surface area contributed by atoms with Gasteiger partial charge in [0.05, 0.1) is 24.7 Å². The number of hydrogen-bond acceptors (Lipinski definition) is 10.